The Bertz CT molecular complexity index is 1000. The van der Waals surface area contributed by atoms with Crippen LogP contribution in [0, 0.1) is 0 Å². The second-order valence-corrected chi connectivity index (χ2v) is 5.33. The maximum absolute atomic E-state index is 4.02. The highest BCUT2D eigenvalue weighted by molar-refractivity contribution is 5.74. The molecule has 6 aromatic heterocycles. The molecule has 0 aliphatic heterocycles. The molecule has 0 saturated carbocycles. The van der Waals surface area contributed by atoms with E-state index in [4.69, 9.17) is 0 Å². The molecule has 0 radical (unpaired) electrons. The molecule has 10 nitrogen and oxygen atoms in total. The zero-order valence-electron chi connectivity index (χ0n) is 14.0. The lowest BCUT2D eigenvalue weighted by Crippen LogP contribution is -1.78. The van der Waals surface area contributed by atoms with Gasteiger partial charge in [0.1, 0.15) is 0 Å². The fraction of sp³-hybridized carbons (Fsp3) is 0. The first-order valence-electron chi connectivity index (χ1n) is 8.00. The molecular weight excluding hydrogens is 344 g/mol. The van der Waals surface area contributed by atoms with E-state index in [0.29, 0.717) is 0 Å². The van der Waals surface area contributed by atoms with Crippen LogP contribution in [-0.2, 0) is 0 Å². The lowest BCUT2D eigenvalue weighted by molar-refractivity contribution is 1.02. The number of aromatic nitrogens is 10. The van der Waals surface area contributed by atoms with Crippen LogP contribution < -0.4 is 0 Å². The molecule has 0 bridgehead atoms. The normalized spacial score (nSPS) is 10.2. The Balaban J connectivity index is 0.0000001000. The summed E-state index contributed by atoms with van der Waals surface area (Å²) in [5.74, 6) is 0. The first-order chi connectivity index (χ1) is 13.4. The number of H-pyrrole nitrogens is 3. The van der Waals surface area contributed by atoms with Gasteiger partial charge in [0.2, 0.25) is 0 Å². The number of nitrogens with one attached hydrogen (secondary N) is 3. The number of fused-ring (bicyclic) bond motifs is 3. The number of rotatable bonds is 0. The van der Waals surface area contributed by atoms with Gasteiger partial charge in [0.05, 0.1) is 24.8 Å². The minimum absolute atomic E-state index is 0.734. The van der Waals surface area contributed by atoms with Crippen LogP contribution in [0.1, 0.15) is 0 Å². The SMILES string of the molecule is c1cc2cc[nH]c2nn1.c1cc2cn[nH]c2nn1.c1cnc2[nH]ncc2c1. The Hall–Kier alpha value is -4.21. The summed E-state index contributed by atoms with van der Waals surface area (Å²) in [6.07, 6.45) is 10.4. The fourth-order valence-electron chi connectivity index (χ4n) is 2.27. The van der Waals surface area contributed by atoms with Crippen LogP contribution in [0.3, 0.4) is 0 Å². The van der Waals surface area contributed by atoms with Crippen molar-refractivity contribution in [2.24, 2.45) is 0 Å². The summed E-state index contributed by atoms with van der Waals surface area (Å²) in [6.45, 7) is 0. The third-order valence-corrected chi connectivity index (χ3v) is 3.57. The molecule has 0 aromatic carbocycles. The Morgan fingerprint density at radius 2 is 1.33 bits per heavy atom. The molecule has 0 unspecified atom stereocenters. The highest BCUT2D eigenvalue weighted by Crippen LogP contribution is 2.05. The van der Waals surface area contributed by atoms with Gasteiger partial charge in [-0.25, -0.2) is 4.98 Å². The van der Waals surface area contributed by atoms with Crippen molar-refractivity contribution in [2.45, 2.75) is 0 Å². The summed E-state index contributed by atoms with van der Waals surface area (Å²) in [5, 5.41) is 31.2. The molecule has 27 heavy (non-hydrogen) atoms. The molecule has 3 N–H and O–H groups in total. The Kier molecular flexibility index (Phi) is 4.69. The minimum atomic E-state index is 0.734. The maximum atomic E-state index is 4.02. The molecular formula is C17H14N10. The number of aromatic amines is 3. The molecule has 0 aliphatic carbocycles. The average Bonchev–Trinajstić information content (AvgIpc) is 3.48. The van der Waals surface area contributed by atoms with Crippen molar-refractivity contribution >= 4 is 33.1 Å². The Labute approximate surface area is 152 Å². The first kappa shape index (κ1) is 16.3. The predicted octanol–water partition coefficient (Wildman–Crippen LogP) is 2.27. The van der Waals surface area contributed by atoms with Crippen LogP contribution in [0.15, 0.2) is 67.5 Å². The Morgan fingerprint density at radius 1 is 0.630 bits per heavy atom. The average molecular weight is 358 g/mol. The summed E-state index contributed by atoms with van der Waals surface area (Å²) in [5.41, 5.74) is 2.42. The lowest BCUT2D eigenvalue weighted by Gasteiger charge is -1.81. The van der Waals surface area contributed by atoms with Gasteiger partial charge < -0.3 is 4.98 Å². The van der Waals surface area contributed by atoms with E-state index in [0.717, 1.165) is 33.1 Å². The van der Waals surface area contributed by atoms with Gasteiger partial charge in [0.25, 0.3) is 0 Å². The van der Waals surface area contributed by atoms with Crippen LogP contribution in [0.5, 0.6) is 0 Å². The molecule has 6 rings (SSSR count). The van der Waals surface area contributed by atoms with Gasteiger partial charge in [-0.05, 0) is 30.3 Å². The zero-order valence-corrected chi connectivity index (χ0v) is 14.0. The van der Waals surface area contributed by atoms with E-state index in [-0.39, 0.29) is 0 Å². The molecule has 0 amide bonds. The highest BCUT2D eigenvalue weighted by atomic mass is 15.2. The third kappa shape index (κ3) is 3.90. The van der Waals surface area contributed by atoms with Crippen LogP contribution >= 0.6 is 0 Å². The lowest BCUT2D eigenvalue weighted by atomic mass is 10.4. The maximum Gasteiger partial charge on any atom is 0.177 e. The molecule has 0 spiro atoms. The molecule has 0 atom stereocenters. The van der Waals surface area contributed by atoms with E-state index in [2.05, 4.69) is 50.8 Å². The van der Waals surface area contributed by atoms with Gasteiger partial charge in [0, 0.05) is 28.6 Å². The molecule has 6 heterocycles. The van der Waals surface area contributed by atoms with Gasteiger partial charge in [-0.15, -0.1) is 10.2 Å². The van der Waals surface area contributed by atoms with Crippen molar-refractivity contribution in [1.82, 2.24) is 50.8 Å². The summed E-state index contributed by atoms with van der Waals surface area (Å²) in [4.78, 5) is 6.97. The van der Waals surface area contributed by atoms with Crippen molar-refractivity contribution in [3.8, 4) is 0 Å². The van der Waals surface area contributed by atoms with E-state index < -0.39 is 0 Å². The summed E-state index contributed by atoms with van der Waals surface area (Å²) in [6, 6.07) is 9.58. The van der Waals surface area contributed by atoms with Gasteiger partial charge >= 0.3 is 0 Å². The standard InChI is InChI=1S/2C6H5N3.C5H4N4/c1-3-7-6-5(1)2-4-8-9-6;1-2-5-4-8-9-6(5)7-3-1;1-2-6-8-5-4(1)3-7-9-5/h1-4H,(H,7,9);1-4H,(H,7,8,9);1-3H,(H,7,8,9). The summed E-state index contributed by atoms with van der Waals surface area (Å²) >= 11 is 0. The van der Waals surface area contributed by atoms with E-state index in [1.807, 2.05) is 36.5 Å². The van der Waals surface area contributed by atoms with Crippen LogP contribution in [0.4, 0.5) is 0 Å². The van der Waals surface area contributed by atoms with E-state index in [1.54, 1.807) is 31.0 Å². The smallest absolute Gasteiger partial charge is 0.177 e. The van der Waals surface area contributed by atoms with Crippen molar-refractivity contribution in [1.29, 1.82) is 0 Å². The van der Waals surface area contributed by atoms with Crippen LogP contribution in [0.25, 0.3) is 33.1 Å². The molecule has 10 heteroatoms. The summed E-state index contributed by atoms with van der Waals surface area (Å²) < 4.78 is 0. The third-order valence-electron chi connectivity index (χ3n) is 3.57. The number of hydrogen-bond donors (Lipinski definition) is 3. The van der Waals surface area contributed by atoms with Crippen LogP contribution in [-0.4, -0.2) is 50.8 Å². The van der Waals surface area contributed by atoms with Crippen molar-refractivity contribution in [2.75, 3.05) is 0 Å². The summed E-state index contributed by atoms with van der Waals surface area (Å²) in [7, 11) is 0. The first-order valence-corrected chi connectivity index (χ1v) is 8.00. The molecule has 132 valence electrons. The fourth-order valence-corrected chi connectivity index (χ4v) is 2.27. The second-order valence-electron chi connectivity index (χ2n) is 5.33. The van der Waals surface area contributed by atoms with Crippen molar-refractivity contribution in [3.05, 3.63) is 67.5 Å². The number of nitrogens with zero attached hydrogens (tertiary/aromatic N) is 7. The van der Waals surface area contributed by atoms with E-state index in [1.165, 1.54) is 0 Å². The second kappa shape index (κ2) is 7.78. The molecule has 0 aliphatic rings. The van der Waals surface area contributed by atoms with Gasteiger partial charge in [-0.3, -0.25) is 10.2 Å². The highest BCUT2D eigenvalue weighted by Gasteiger charge is 1.91. The predicted molar refractivity (Wildman–Crippen MR) is 99.5 cm³/mol. The molecule has 0 fully saturated rings. The van der Waals surface area contributed by atoms with Crippen LogP contribution in [0.2, 0.25) is 0 Å². The minimum Gasteiger partial charge on any atom is -0.345 e. The monoisotopic (exact) mass is 358 g/mol. The van der Waals surface area contributed by atoms with Gasteiger partial charge in [-0.2, -0.15) is 20.4 Å². The van der Waals surface area contributed by atoms with Crippen molar-refractivity contribution < 1.29 is 0 Å². The Morgan fingerprint density at radius 3 is 2.07 bits per heavy atom. The van der Waals surface area contributed by atoms with Gasteiger partial charge in [-0.1, -0.05) is 0 Å². The largest absolute Gasteiger partial charge is 0.345 e. The van der Waals surface area contributed by atoms with E-state index in [9.17, 15) is 0 Å². The topological polar surface area (TPSA) is 138 Å². The van der Waals surface area contributed by atoms with Gasteiger partial charge in [0.15, 0.2) is 16.9 Å². The number of pyridine rings is 1. The number of hydrogen-bond acceptors (Lipinski definition) is 7. The zero-order chi connectivity index (χ0) is 18.3. The molecule has 0 saturated heterocycles. The molecule has 6 aromatic rings. The van der Waals surface area contributed by atoms with E-state index >= 15 is 0 Å². The van der Waals surface area contributed by atoms with Crippen molar-refractivity contribution in [3.63, 3.8) is 0 Å². The quantitative estimate of drug-likeness (QED) is 0.378.